The molecule has 0 unspecified atom stereocenters. The lowest BCUT2D eigenvalue weighted by Gasteiger charge is -2.21. The number of fused-ring (bicyclic) bond motifs is 3. The summed E-state index contributed by atoms with van der Waals surface area (Å²) in [6, 6.07) is 13.7. The predicted octanol–water partition coefficient (Wildman–Crippen LogP) is 3.44. The maximum absolute atomic E-state index is 12.7. The van der Waals surface area contributed by atoms with Crippen LogP contribution in [-0.2, 0) is 17.8 Å². The second kappa shape index (κ2) is 6.69. The molecule has 1 aromatic carbocycles. The van der Waals surface area contributed by atoms with Crippen molar-refractivity contribution in [2.75, 3.05) is 7.11 Å². The van der Waals surface area contributed by atoms with E-state index in [2.05, 4.69) is 10.2 Å². The molecule has 4 aromatic rings. The molecule has 0 saturated carbocycles. The van der Waals surface area contributed by atoms with Crippen molar-refractivity contribution in [1.82, 2.24) is 19.8 Å². The van der Waals surface area contributed by atoms with E-state index in [0.29, 0.717) is 30.8 Å². The van der Waals surface area contributed by atoms with E-state index in [1.165, 1.54) is 0 Å². The summed E-state index contributed by atoms with van der Waals surface area (Å²) in [5.41, 5.74) is 4.42. The molecule has 0 aliphatic heterocycles. The van der Waals surface area contributed by atoms with Crippen molar-refractivity contribution in [2.45, 2.75) is 25.4 Å². The summed E-state index contributed by atoms with van der Waals surface area (Å²) in [6.45, 7) is 0.345. The monoisotopic (exact) mass is 374 g/mol. The first-order valence-corrected chi connectivity index (χ1v) is 9.14. The molecule has 1 aliphatic carbocycles. The van der Waals surface area contributed by atoms with E-state index in [4.69, 9.17) is 14.3 Å². The number of hydrogen-bond donors (Lipinski definition) is 0. The molecule has 7 nitrogen and oxygen atoms in total. The highest BCUT2D eigenvalue weighted by Gasteiger charge is 2.33. The zero-order chi connectivity index (χ0) is 19.1. The van der Waals surface area contributed by atoms with E-state index in [9.17, 15) is 4.79 Å². The highest BCUT2D eigenvalue weighted by Crippen LogP contribution is 2.34. The Kier molecular flexibility index (Phi) is 4.02. The second-order valence-corrected chi connectivity index (χ2v) is 6.90. The minimum Gasteiger partial charge on any atom is -0.469 e. The van der Waals surface area contributed by atoms with E-state index in [1.54, 1.807) is 17.9 Å². The third kappa shape index (κ3) is 2.63. The maximum atomic E-state index is 12.7. The average molecular weight is 374 g/mol. The highest BCUT2D eigenvalue weighted by molar-refractivity contribution is 5.97. The molecule has 7 heteroatoms. The molecule has 0 spiro atoms. The number of hydrogen-bond acceptors (Lipinski definition) is 6. The minimum absolute atomic E-state index is 0.0300. The maximum Gasteiger partial charge on any atom is 0.185 e. The van der Waals surface area contributed by atoms with Crippen LogP contribution in [0.15, 0.2) is 53.1 Å². The summed E-state index contributed by atoms with van der Waals surface area (Å²) in [4.78, 5) is 12.7. The largest absolute Gasteiger partial charge is 0.469 e. The fraction of sp³-hybridized carbons (Fsp3) is 0.238. The lowest BCUT2D eigenvalue weighted by atomic mass is 9.87. The molecule has 140 valence electrons. The summed E-state index contributed by atoms with van der Waals surface area (Å²) >= 11 is 0. The van der Waals surface area contributed by atoms with Gasteiger partial charge in [0.25, 0.3) is 0 Å². The van der Waals surface area contributed by atoms with Gasteiger partial charge in [-0.15, -0.1) is 10.2 Å². The van der Waals surface area contributed by atoms with Gasteiger partial charge in [0.05, 0.1) is 29.8 Å². The van der Waals surface area contributed by atoms with E-state index >= 15 is 0 Å². The van der Waals surface area contributed by atoms with E-state index in [0.717, 1.165) is 28.3 Å². The number of aromatic nitrogens is 4. The topological polar surface area (TPSA) is 82.5 Å². The fourth-order valence-electron chi connectivity index (χ4n) is 3.88. The lowest BCUT2D eigenvalue weighted by molar-refractivity contribution is 0.0951. The average Bonchev–Trinajstić information content (AvgIpc) is 3.37. The SMILES string of the molecule is COCc1nn2c3c(nnc2c1-c1ccccc1)C(=O)C[C@H](c1ccco1)C3. The third-order valence-electron chi connectivity index (χ3n) is 5.13. The van der Waals surface area contributed by atoms with Crippen LogP contribution in [0.4, 0.5) is 0 Å². The Morgan fingerprint density at radius 3 is 2.75 bits per heavy atom. The van der Waals surface area contributed by atoms with Crippen LogP contribution in [0.5, 0.6) is 0 Å². The number of Topliss-reactive ketones (excluding diaryl/α,β-unsaturated/α-hetero) is 1. The zero-order valence-corrected chi connectivity index (χ0v) is 15.3. The third-order valence-corrected chi connectivity index (χ3v) is 5.13. The molecule has 0 bridgehead atoms. The Balaban J connectivity index is 1.71. The first-order chi connectivity index (χ1) is 13.8. The molecule has 0 saturated heterocycles. The zero-order valence-electron chi connectivity index (χ0n) is 15.3. The van der Waals surface area contributed by atoms with Crippen LogP contribution in [0.3, 0.4) is 0 Å². The van der Waals surface area contributed by atoms with Crippen molar-refractivity contribution in [2.24, 2.45) is 0 Å². The molecule has 3 heterocycles. The highest BCUT2D eigenvalue weighted by atomic mass is 16.5. The van der Waals surface area contributed by atoms with Gasteiger partial charge in [-0.05, 0) is 17.7 Å². The number of methoxy groups -OCH3 is 1. The van der Waals surface area contributed by atoms with Crippen LogP contribution in [0.1, 0.15) is 40.0 Å². The van der Waals surface area contributed by atoms with Crippen molar-refractivity contribution in [3.8, 4) is 11.1 Å². The number of carbonyl (C=O) groups excluding carboxylic acids is 1. The fourth-order valence-corrected chi connectivity index (χ4v) is 3.88. The van der Waals surface area contributed by atoms with Gasteiger partial charge < -0.3 is 9.15 Å². The number of carbonyl (C=O) groups is 1. The Bertz CT molecular complexity index is 1150. The van der Waals surface area contributed by atoms with Gasteiger partial charge >= 0.3 is 0 Å². The molecule has 0 amide bonds. The van der Waals surface area contributed by atoms with Gasteiger partial charge in [-0.2, -0.15) is 5.10 Å². The van der Waals surface area contributed by atoms with Gasteiger partial charge in [0.15, 0.2) is 17.1 Å². The number of benzene rings is 1. The normalized spacial score (nSPS) is 16.5. The first-order valence-electron chi connectivity index (χ1n) is 9.14. The summed E-state index contributed by atoms with van der Waals surface area (Å²) in [5.74, 6) is 0.733. The molecule has 5 rings (SSSR count). The van der Waals surface area contributed by atoms with E-state index in [-0.39, 0.29) is 11.7 Å². The van der Waals surface area contributed by atoms with Gasteiger partial charge in [0.1, 0.15) is 5.76 Å². The van der Waals surface area contributed by atoms with Crippen LogP contribution in [0.25, 0.3) is 16.8 Å². The Labute approximate surface area is 161 Å². The standard InChI is InChI=1S/C21H18N4O3/c1-27-12-15-19(13-6-3-2-4-7-13)21-23-22-20-16(25(21)24-15)10-14(11-17(20)26)18-8-5-9-28-18/h2-9,14H,10-12H2,1H3/t14-/m1/s1. The lowest BCUT2D eigenvalue weighted by Crippen LogP contribution is -2.24. The molecule has 0 radical (unpaired) electrons. The number of nitrogens with zero attached hydrogens (tertiary/aromatic N) is 4. The van der Waals surface area contributed by atoms with Crippen LogP contribution < -0.4 is 0 Å². The quantitative estimate of drug-likeness (QED) is 0.544. The van der Waals surface area contributed by atoms with Crippen LogP contribution >= 0.6 is 0 Å². The first kappa shape index (κ1) is 16.8. The van der Waals surface area contributed by atoms with Gasteiger partial charge in [-0.3, -0.25) is 4.79 Å². The smallest absolute Gasteiger partial charge is 0.185 e. The molecular weight excluding hydrogens is 356 g/mol. The molecule has 0 N–H and O–H groups in total. The number of rotatable bonds is 4. The minimum atomic E-state index is -0.0397. The molecule has 3 aromatic heterocycles. The van der Waals surface area contributed by atoms with E-state index in [1.807, 2.05) is 42.5 Å². The Morgan fingerprint density at radius 1 is 1.14 bits per heavy atom. The molecule has 1 atom stereocenters. The van der Waals surface area contributed by atoms with Gasteiger partial charge in [-0.1, -0.05) is 30.3 Å². The van der Waals surface area contributed by atoms with Gasteiger partial charge in [0.2, 0.25) is 0 Å². The molecule has 1 aliphatic rings. The molecule has 0 fully saturated rings. The molecular formula is C21H18N4O3. The predicted molar refractivity (Wildman–Crippen MR) is 101 cm³/mol. The summed E-state index contributed by atoms with van der Waals surface area (Å²) in [5, 5.41) is 13.4. The molecule has 28 heavy (non-hydrogen) atoms. The number of ketones is 1. The number of furan rings is 1. The van der Waals surface area contributed by atoms with Crippen LogP contribution in [-0.4, -0.2) is 32.7 Å². The summed E-state index contributed by atoms with van der Waals surface area (Å²) in [6.07, 6.45) is 2.61. The van der Waals surface area contributed by atoms with Gasteiger partial charge in [-0.25, -0.2) is 4.52 Å². The Hall–Kier alpha value is -3.32. The van der Waals surface area contributed by atoms with Crippen molar-refractivity contribution >= 4 is 11.4 Å². The van der Waals surface area contributed by atoms with Crippen molar-refractivity contribution in [1.29, 1.82) is 0 Å². The summed E-state index contributed by atoms with van der Waals surface area (Å²) in [7, 11) is 1.64. The van der Waals surface area contributed by atoms with Crippen LogP contribution in [0.2, 0.25) is 0 Å². The van der Waals surface area contributed by atoms with Gasteiger partial charge in [0, 0.05) is 25.9 Å². The van der Waals surface area contributed by atoms with Crippen LogP contribution in [0, 0.1) is 0 Å². The van der Waals surface area contributed by atoms with Crippen molar-refractivity contribution in [3.05, 3.63) is 71.6 Å². The second-order valence-electron chi connectivity index (χ2n) is 6.90. The van der Waals surface area contributed by atoms with Crippen molar-refractivity contribution in [3.63, 3.8) is 0 Å². The number of ether oxygens (including phenoxy) is 1. The van der Waals surface area contributed by atoms with Crippen molar-refractivity contribution < 1.29 is 13.9 Å². The Morgan fingerprint density at radius 2 is 2.00 bits per heavy atom. The van der Waals surface area contributed by atoms with E-state index < -0.39 is 0 Å². The summed E-state index contributed by atoms with van der Waals surface area (Å²) < 4.78 is 12.7.